The molecule has 0 spiro atoms. The number of thiol groups is 1. The van der Waals surface area contributed by atoms with E-state index in [4.69, 9.17) is 0 Å². The van der Waals surface area contributed by atoms with E-state index in [2.05, 4.69) is 25.8 Å². The molecule has 6 heteroatoms. The highest BCUT2D eigenvalue weighted by atomic mass is 32.2. The van der Waals surface area contributed by atoms with Gasteiger partial charge in [-0.2, -0.15) is 12.6 Å². The number of hydrogen-bond donors (Lipinski definition) is 1. The fourth-order valence-corrected chi connectivity index (χ4v) is 3.92. The lowest BCUT2D eigenvalue weighted by Gasteiger charge is -2.16. The molecule has 0 aromatic heterocycles. The van der Waals surface area contributed by atoms with Gasteiger partial charge in [0.15, 0.2) is 0 Å². The van der Waals surface area contributed by atoms with Gasteiger partial charge in [0.05, 0.1) is 4.90 Å². The lowest BCUT2D eigenvalue weighted by Crippen LogP contribution is -2.28. The van der Waals surface area contributed by atoms with E-state index in [0.717, 1.165) is 9.80 Å². The Hall–Kier alpha value is -0.950. The Morgan fingerprint density at radius 1 is 1.33 bits per heavy atom. The van der Waals surface area contributed by atoms with Gasteiger partial charge in [0, 0.05) is 29.1 Å². The van der Waals surface area contributed by atoms with Crippen molar-refractivity contribution in [2.75, 3.05) is 19.3 Å². The zero-order chi connectivity index (χ0) is 15.9. The van der Waals surface area contributed by atoms with Gasteiger partial charge >= 0.3 is 0 Å². The summed E-state index contributed by atoms with van der Waals surface area (Å²) in [5, 5.41) is 0. The summed E-state index contributed by atoms with van der Waals surface area (Å²) >= 11 is 5.56. The Bertz CT molecular complexity index is 619. The average Bonchev–Trinajstić information content (AvgIpc) is 2.47. The van der Waals surface area contributed by atoms with Gasteiger partial charge in [-0.3, -0.25) is 0 Å². The van der Waals surface area contributed by atoms with Crippen LogP contribution in [-0.2, 0) is 10.0 Å². The van der Waals surface area contributed by atoms with Crippen LogP contribution in [0.5, 0.6) is 0 Å². The first-order chi connectivity index (χ1) is 9.95. The normalized spacial score (nSPS) is 12.4. The highest BCUT2D eigenvalue weighted by Crippen LogP contribution is 2.28. The quantitative estimate of drug-likeness (QED) is 0.446. The van der Waals surface area contributed by atoms with Crippen molar-refractivity contribution in [1.82, 2.24) is 4.31 Å². The van der Waals surface area contributed by atoms with Crippen LogP contribution in [0, 0.1) is 0 Å². The molecule has 0 atom stereocenters. The molecular weight excluding hydrogens is 322 g/mol. The molecule has 0 fully saturated rings. The number of thioether (sulfide) groups is 1. The van der Waals surface area contributed by atoms with Gasteiger partial charge in [-0.15, -0.1) is 0 Å². The first kappa shape index (κ1) is 18.1. The number of allylic oxidation sites excluding steroid dienone is 3. The third-order valence-electron chi connectivity index (χ3n) is 2.67. The number of nitrogens with zero attached hydrogens (tertiary/aromatic N) is 1. The van der Waals surface area contributed by atoms with Crippen LogP contribution >= 0.6 is 24.4 Å². The smallest absolute Gasteiger partial charge is 0.207 e. The molecule has 0 heterocycles. The second kappa shape index (κ2) is 8.48. The van der Waals surface area contributed by atoms with Crippen LogP contribution in [0.4, 0.5) is 0 Å². The van der Waals surface area contributed by atoms with Crippen molar-refractivity contribution in [3.63, 3.8) is 0 Å². The van der Waals surface area contributed by atoms with E-state index in [0.29, 0.717) is 12.3 Å². The monoisotopic (exact) mass is 341 g/mol. The summed E-state index contributed by atoms with van der Waals surface area (Å²) in [6.07, 6.45) is 5.27. The number of sulfonamides is 1. The maximum Gasteiger partial charge on any atom is 0.242 e. The van der Waals surface area contributed by atoms with Gasteiger partial charge in [0.2, 0.25) is 10.0 Å². The maximum atomic E-state index is 12.3. The minimum Gasteiger partial charge on any atom is -0.207 e. The molecule has 0 aliphatic rings. The minimum absolute atomic E-state index is 0.281. The van der Waals surface area contributed by atoms with Gasteiger partial charge in [-0.25, -0.2) is 12.7 Å². The van der Waals surface area contributed by atoms with E-state index in [1.54, 1.807) is 43.5 Å². The second-order valence-electron chi connectivity index (χ2n) is 4.13. The Morgan fingerprint density at radius 3 is 2.43 bits per heavy atom. The minimum atomic E-state index is -3.44. The van der Waals surface area contributed by atoms with Crippen LogP contribution in [0.3, 0.4) is 0 Å². The lowest BCUT2D eigenvalue weighted by atomic mass is 10.4. The molecule has 0 N–H and O–H groups in total. The van der Waals surface area contributed by atoms with E-state index in [1.807, 2.05) is 6.08 Å². The number of rotatable bonds is 8. The summed E-state index contributed by atoms with van der Waals surface area (Å²) in [7, 11) is -1.89. The molecule has 114 valence electrons. The Morgan fingerprint density at radius 2 is 1.95 bits per heavy atom. The number of benzene rings is 1. The van der Waals surface area contributed by atoms with Gasteiger partial charge < -0.3 is 0 Å². The van der Waals surface area contributed by atoms with E-state index in [-0.39, 0.29) is 4.90 Å². The van der Waals surface area contributed by atoms with E-state index in [1.165, 1.54) is 16.1 Å². The van der Waals surface area contributed by atoms with Crippen molar-refractivity contribution >= 4 is 34.4 Å². The molecule has 0 amide bonds. The summed E-state index contributed by atoms with van der Waals surface area (Å²) in [6, 6.07) is 6.79. The fourth-order valence-electron chi connectivity index (χ4n) is 1.52. The standard InChI is InChI=1S/C15H19NO2S3/c1-4-6-13(5-2)20-14-7-9-15(10-8-14)21(17,18)16(3)11-12-19/h4-10,19H,1-2,11-12H2,3H3/b13-6+. The molecule has 1 rings (SSSR count). The van der Waals surface area contributed by atoms with Crippen molar-refractivity contribution in [2.45, 2.75) is 9.79 Å². The summed E-state index contributed by atoms with van der Waals surface area (Å²) in [4.78, 5) is 2.18. The SMILES string of the molecule is C=C/C=C(\C=C)Sc1ccc(S(=O)(=O)N(C)CCS)cc1. The van der Waals surface area contributed by atoms with E-state index >= 15 is 0 Å². The topological polar surface area (TPSA) is 37.4 Å². The molecule has 0 aliphatic heterocycles. The summed E-state index contributed by atoms with van der Waals surface area (Å²) in [6.45, 7) is 7.75. The van der Waals surface area contributed by atoms with Crippen LogP contribution in [0.1, 0.15) is 0 Å². The molecule has 3 nitrogen and oxygen atoms in total. The first-order valence-corrected chi connectivity index (χ1v) is 9.15. The summed E-state index contributed by atoms with van der Waals surface area (Å²) in [5.74, 6) is 0.485. The molecule has 0 bridgehead atoms. The van der Waals surface area contributed by atoms with Gasteiger partial charge in [-0.1, -0.05) is 37.1 Å². The molecule has 1 aromatic rings. The molecule has 0 aliphatic carbocycles. The fraction of sp³-hybridized carbons (Fsp3) is 0.200. The molecular formula is C15H19NO2S3. The van der Waals surface area contributed by atoms with Gasteiger partial charge in [0.25, 0.3) is 0 Å². The molecule has 21 heavy (non-hydrogen) atoms. The van der Waals surface area contributed by atoms with Crippen LogP contribution in [0.2, 0.25) is 0 Å². The van der Waals surface area contributed by atoms with Gasteiger partial charge in [-0.05, 0) is 30.3 Å². The van der Waals surface area contributed by atoms with Crippen molar-refractivity contribution < 1.29 is 8.42 Å². The van der Waals surface area contributed by atoms with Crippen molar-refractivity contribution in [2.24, 2.45) is 0 Å². The van der Waals surface area contributed by atoms with Crippen molar-refractivity contribution in [1.29, 1.82) is 0 Å². The second-order valence-corrected chi connectivity index (χ2v) is 7.77. The van der Waals surface area contributed by atoms with Crippen LogP contribution in [-0.4, -0.2) is 32.1 Å². The van der Waals surface area contributed by atoms with Gasteiger partial charge in [0.1, 0.15) is 0 Å². The van der Waals surface area contributed by atoms with Crippen LogP contribution in [0.25, 0.3) is 0 Å². The Kier molecular flexibility index (Phi) is 7.31. The third kappa shape index (κ3) is 5.07. The predicted molar refractivity (Wildman–Crippen MR) is 94.4 cm³/mol. The Balaban J connectivity index is 2.95. The average molecular weight is 342 g/mol. The summed E-state index contributed by atoms with van der Waals surface area (Å²) < 4.78 is 25.8. The van der Waals surface area contributed by atoms with E-state index < -0.39 is 10.0 Å². The van der Waals surface area contributed by atoms with Crippen molar-refractivity contribution in [3.05, 3.63) is 60.6 Å². The summed E-state index contributed by atoms with van der Waals surface area (Å²) in [5.41, 5.74) is 0. The molecule has 0 saturated heterocycles. The van der Waals surface area contributed by atoms with Crippen LogP contribution < -0.4 is 0 Å². The highest BCUT2D eigenvalue weighted by molar-refractivity contribution is 8.03. The molecule has 0 unspecified atom stereocenters. The maximum absolute atomic E-state index is 12.3. The third-order valence-corrected chi connectivity index (χ3v) is 5.78. The largest absolute Gasteiger partial charge is 0.242 e. The van der Waals surface area contributed by atoms with E-state index in [9.17, 15) is 8.42 Å². The lowest BCUT2D eigenvalue weighted by molar-refractivity contribution is 0.489. The first-order valence-electron chi connectivity index (χ1n) is 6.26. The zero-order valence-corrected chi connectivity index (χ0v) is 14.4. The zero-order valence-electron chi connectivity index (χ0n) is 11.9. The van der Waals surface area contributed by atoms with Crippen molar-refractivity contribution in [3.8, 4) is 0 Å². The predicted octanol–water partition coefficient (Wildman–Crippen LogP) is 3.58. The Labute approximate surface area is 136 Å². The molecule has 0 radical (unpaired) electrons. The number of hydrogen-bond acceptors (Lipinski definition) is 4. The molecule has 1 aromatic carbocycles. The molecule has 0 saturated carbocycles. The highest BCUT2D eigenvalue weighted by Gasteiger charge is 2.19. The van der Waals surface area contributed by atoms with Crippen LogP contribution in [0.15, 0.2) is 70.3 Å².